The number of hydrogen-bond donors (Lipinski definition) is 2. The molecule has 0 bridgehead atoms. The molecule has 3 heterocycles. The van der Waals surface area contributed by atoms with Crippen molar-refractivity contribution in [1.82, 2.24) is 29.8 Å². The summed E-state index contributed by atoms with van der Waals surface area (Å²) in [5.74, 6) is 0.885. The Morgan fingerprint density at radius 1 is 1.00 bits per heavy atom. The number of aryl methyl sites for hydroxylation is 2. The first kappa shape index (κ1) is 23.8. The highest BCUT2D eigenvalue weighted by Crippen LogP contribution is 2.22. The predicted molar refractivity (Wildman–Crippen MR) is 141 cm³/mol. The number of nitrogens with one attached hydrogen (secondary N) is 2. The van der Waals surface area contributed by atoms with Crippen LogP contribution in [0.25, 0.3) is 16.8 Å². The minimum atomic E-state index is 0.0891. The van der Waals surface area contributed by atoms with Crippen LogP contribution in [0.1, 0.15) is 36.9 Å². The van der Waals surface area contributed by atoms with Crippen LogP contribution in [0.2, 0.25) is 0 Å². The number of carbonyl (C=O) groups is 1. The van der Waals surface area contributed by atoms with Gasteiger partial charge in [-0.05, 0) is 55.0 Å². The molecule has 1 amide bonds. The Hall–Kier alpha value is -3.91. The Bertz CT molecular complexity index is 1290. The first-order valence-electron chi connectivity index (χ1n) is 12.6. The normalized spacial score (nSPS) is 13.7. The van der Waals surface area contributed by atoms with Gasteiger partial charge in [-0.3, -0.25) is 19.5 Å². The highest BCUT2D eigenvalue weighted by molar-refractivity contribution is 5.75. The van der Waals surface area contributed by atoms with E-state index in [1.54, 1.807) is 0 Å². The van der Waals surface area contributed by atoms with Gasteiger partial charge in [0.2, 0.25) is 11.9 Å². The lowest BCUT2D eigenvalue weighted by Crippen LogP contribution is -2.39. The molecule has 186 valence electrons. The van der Waals surface area contributed by atoms with Crippen LogP contribution in [-0.2, 0) is 24.8 Å². The van der Waals surface area contributed by atoms with E-state index in [9.17, 15) is 4.79 Å². The van der Waals surface area contributed by atoms with E-state index in [1.807, 2.05) is 47.3 Å². The molecule has 4 aromatic rings. The molecule has 0 atom stereocenters. The maximum Gasteiger partial charge on any atom is 0.234 e. The second kappa shape index (κ2) is 11.2. The van der Waals surface area contributed by atoms with E-state index >= 15 is 0 Å². The number of hydrazine groups is 1. The summed E-state index contributed by atoms with van der Waals surface area (Å²) in [5.41, 5.74) is 8.44. The zero-order valence-electron chi connectivity index (χ0n) is 20.7. The number of carbonyl (C=O) groups excluding carboxylic acids is 1. The van der Waals surface area contributed by atoms with Crippen LogP contribution >= 0.6 is 0 Å². The third-order valence-corrected chi connectivity index (χ3v) is 6.43. The Kier molecular flexibility index (Phi) is 7.42. The van der Waals surface area contributed by atoms with Gasteiger partial charge in [-0.2, -0.15) is 5.10 Å². The molecular formula is C28H33N7O. The highest BCUT2D eigenvalue weighted by atomic mass is 16.2. The number of amides is 1. The van der Waals surface area contributed by atoms with E-state index in [-0.39, 0.29) is 5.91 Å². The standard InChI is InChI=1S/C28H33N7O/c1-33-20-24(19-30-33)23-10-7-9-22(17-23)18-29-28-31-25(21-35(28)26-12-3-2-4-13-26)11-8-14-27(36)32-34-15-5-6-16-34/h2-4,7,9-10,12-13,17,19-21H,5-6,8,11,14-16,18H2,1H3,(H,29,31)(H,32,36). The van der Waals surface area contributed by atoms with Crippen molar-refractivity contribution >= 4 is 11.9 Å². The zero-order valence-corrected chi connectivity index (χ0v) is 20.7. The van der Waals surface area contributed by atoms with E-state index in [0.29, 0.717) is 13.0 Å². The Morgan fingerprint density at radius 2 is 1.83 bits per heavy atom. The predicted octanol–water partition coefficient (Wildman–Crippen LogP) is 4.33. The molecule has 2 aromatic heterocycles. The number of anilines is 1. The topological polar surface area (TPSA) is 80.0 Å². The lowest BCUT2D eigenvalue weighted by atomic mass is 10.1. The van der Waals surface area contributed by atoms with Crippen molar-refractivity contribution in [2.75, 3.05) is 18.4 Å². The summed E-state index contributed by atoms with van der Waals surface area (Å²) in [7, 11) is 1.93. The number of para-hydroxylation sites is 1. The van der Waals surface area contributed by atoms with Gasteiger partial charge in [-0.1, -0.05) is 36.4 Å². The molecule has 0 radical (unpaired) electrons. The van der Waals surface area contributed by atoms with Crippen molar-refractivity contribution in [3.05, 3.63) is 84.4 Å². The van der Waals surface area contributed by atoms with Crippen LogP contribution < -0.4 is 10.7 Å². The van der Waals surface area contributed by atoms with E-state index in [2.05, 4.69) is 63.0 Å². The first-order chi connectivity index (χ1) is 17.6. The molecule has 8 heteroatoms. The molecule has 1 aliphatic heterocycles. The average Bonchev–Trinajstić information content (AvgIpc) is 3.65. The van der Waals surface area contributed by atoms with Gasteiger partial charge >= 0.3 is 0 Å². The van der Waals surface area contributed by atoms with Crippen molar-refractivity contribution in [2.45, 2.75) is 38.6 Å². The van der Waals surface area contributed by atoms with Crippen LogP contribution in [0, 0.1) is 0 Å². The van der Waals surface area contributed by atoms with Crippen molar-refractivity contribution in [3.63, 3.8) is 0 Å². The lowest BCUT2D eigenvalue weighted by molar-refractivity contribution is -0.125. The molecule has 1 saturated heterocycles. The van der Waals surface area contributed by atoms with Crippen LogP contribution in [0.3, 0.4) is 0 Å². The SMILES string of the molecule is Cn1cc(-c2cccc(CNc3nc(CCCC(=O)NN4CCCC4)cn3-c3ccccc3)c2)cn1. The van der Waals surface area contributed by atoms with Gasteiger partial charge in [-0.25, -0.2) is 9.99 Å². The molecule has 0 aliphatic carbocycles. The van der Waals surface area contributed by atoms with Crippen LogP contribution in [0.15, 0.2) is 73.2 Å². The van der Waals surface area contributed by atoms with Gasteiger partial charge in [0.05, 0.1) is 11.9 Å². The number of hydrogen-bond acceptors (Lipinski definition) is 5. The van der Waals surface area contributed by atoms with Crippen LogP contribution in [-0.4, -0.2) is 43.3 Å². The molecule has 1 fully saturated rings. The minimum absolute atomic E-state index is 0.0891. The summed E-state index contributed by atoms with van der Waals surface area (Å²) in [6.45, 7) is 2.55. The van der Waals surface area contributed by atoms with E-state index in [0.717, 1.165) is 67.2 Å². The Labute approximate surface area is 211 Å². The summed E-state index contributed by atoms with van der Waals surface area (Å²) in [4.78, 5) is 17.2. The number of rotatable bonds is 10. The average molecular weight is 484 g/mol. The van der Waals surface area contributed by atoms with Gasteiger partial charge in [0.1, 0.15) is 0 Å². The van der Waals surface area contributed by atoms with Gasteiger partial charge < -0.3 is 5.32 Å². The van der Waals surface area contributed by atoms with Crippen molar-refractivity contribution in [3.8, 4) is 16.8 Å². The fraction of sp³-hybridized carbons (Fsp3) is 0.321. The largest absolute Gasteiger partial charge is 0.351 e. The zero-order chi connectivity index (χ0) is 24.7. The molecule has 0 unspecified atom stereocenters. The fourth-order valence-corrected chi connectivity index (χ4v) is 4.56. The van der Waals surface area contributed by atoms with Gasteiger partial charge in [0, 0.05) is 56.7 Å². The summed E-state index contributed by atoms with van der Waals surface area (Å²) in [6.07, 6.45) is 10.3. The quantitative estimate of drug-likeness (QED) is 0.351. The van der Waals surface area contributed by atoms with Crippen molar-refractivity contribution in [2.24, 2.45) is 7.05 Å². The summed E-state index contributed by atoms with van der Waals surface area (Å²) in [5, 5.41) is 9.84. The van der Waals surface area contributed by atoms with Crippen molar-refractivity contribution < 1.29 is 4.79 Å². The third kappa shape index (κ3) is 6.01. The van der Waals surface area contributed by atoms with Crippen LogP contribution in [0.5, 0.6) is 0 Å². The molecule has 5 rings (SSSR count). The molecule has 0 spiro atoms. The summed E-state index contributed by atoms with van der Waals surface area (Å²) < 4.78 is 3.90. The molecular weight excluding hydrogens is 450 g/mol. The number of imidazole rings is 1. The van der Waals surface area contributed by atoms with E-state index < -0.39 is 0 Å². The Balaban J connectivity index is 1.25. The summed E-state index contributed by atoms with van der Waals surface area (Å²) in [6, 6.07) is 18.7. The monoisotopic (exact) mass is 483 g/mol. The van der Waals surface area contributed by atoms with Crippen molar-refractivity contribution in [1.29, 1.82) is 0 Å². The second-order valence-corrected chi connectivity index (χ2v) is 9.30. The number of aromatic nitrogens is 4. The molecule has 36 heavy (non-hydrogen) atoms. The minimum Gasteiger partial charge on any atom is -0.351 e. The van der Waals surface area contributed by atoms with Gasteiger partial charge in [0.25, 0.3) is 0 Å². The molecule has 8 nitrogen and oxygen atoms in total. The van der Waals surface area contributed by atoms with E-state index in [4.69, 9.17) is 4.98 Å². The summed E-state index contributed by atoms with van der Waals surface area (Å²) >= 11 is 0. The van der Waals surface area contributed by atoms with Crippen LogP contribution in [0.4, 0.5) is 5.95 Å². The van der Waals surface area contributed by atoms with Gasteiger partial charge in [-0.15, -0.1) is 0 Å². The van der Waals surface area contributed by atoms with E-state index in [1.165, 1.54) is 5.56 Å². The first-order valence-corrected chi connectivity index (χ1v) is 12.6. The lowest BCUT2D eigenvalue weighted by Gasteiger charge is -2.15. The second-order valence-electron chi connectivity index (χ2n) is 9.30. The smallest absolute Gasteiger partial charge is 0.234 e. The molecule has 2 N–H and O–H groups in total. The number of benzene rings is 2. The maximum absolute atomic E-state index is 12.3. The fourth-order valence-electron chi connectivity index (χ4n) is 4.56. The molecule has 1 aliphatic rings. The molecule has 2 aromatic carbocycles. The highest BCUT2D eigenvalue weighted by Gasteiger charge is 2.15. The molecule has 0 saturated carbocycles. The van der Waals surface area contributed by atoms with Gasteiger partial charge in [0.15, 0.2) is 0 Å². The maximum atomic E-state index is 12.3. The Morgan fingerprint density at radius 3 is 2.61 bits per heavy atom. The number of nitrogens with zero attached hydrogens (tertiary/aromatic N) is 5. The third-order valence-electron chi connectivity index (χ3n) is 6.43.